The number of carbonyl (C=O) groups excluding carboxylic acids is 2. The molecule has 1 N–H and O–H groups in total. The van der Waals surface area contributed by atoms with Gasteiger partial charge in [-0.05, 0) is 55.1 Å². The average Bonchev–Trinajstić information content (AvgIpc) is 2.71. The zero-order chi connectivity index (χ0) is 22.7. The largest absolute Gasteiger partial charge is 0.493 e. The lowest BCUT2D eigenvalue weighted by atomic mass is 10.1. The van der Waals surface area contributed by atoms with Gasteiger partial charge in [-0.25, -0.2) is 4.79 Å². The summed E-state index contributed by atoms with van der Waals surface area (Å²) in [5, 5.41) is 2.95. The van der Waals surface area contributed by atoms with E-state index in [2.05, 4.69) is 29.1 Å². The van der Waals surface area contributed by atoms with Gasteiger partial charge < -0.3 is 14.8 Å². The normalized spacial score (nSPS) is 11.2. The van der Waals surface area contributed by atoms with Crippen molar-refractivity contribution in [1.82, 2.24) is 5.32 Å². The number of halogens is 3. The number of nitrogens with one attached hydrogen (secondary N) is 1. The van der Waals surface area contributed by atoms with Crippen LogP contribution in [0.5, 0.6) is 5.75 Å². The third-order valence-electron chi connectivity index (χ3n) is 4.56. The van der Waals surface area contributed by atoms with Crippen molar-refractivity contribution in [3.05, 3.63) is 65.2 Å². The molecule has 0 aliphatic carbocycles. The molecule has 0 aliphatic rings. The van der Waals surface area contributed by atoms with E-state index in [1.807, 2.05) is 36.4 Å². The van der Waals surface area contributed by atoms with E-state index >= 15 is 0 Å². The molecule has 0 unspecified atom stereocenters. The van der Waals surface area contributed by atoms with E-state index in [1.165, 1.54) is 11.1 Å². The van der Waals surface area contributed by atoms with Gasteiger partial charge in [0.1, 0.15) is 5.75 Å². The molecule has 2 aromatic carbocycles. The van der Waals surface area contributed by atoms with Crippen molar-refractivity contribution in [2.45, 2.75) is 38.8 Å². The van der Waals surface area contributed by atoms with Gasteiger partial charge in [-0.2, -0.15) is 13.2 Å². The van der Waals surface area contributed by atoms with Crippen molar-refractivity contribution < 1.29 is 32.2 Å². The summed E-state index contributed by atoms with van der Waals surface area (Å²) in [7, 11) is 0. The Labute approximate surface area is 179 Å². The fraction of sp³-hybridized carbons (Fsp3) is 0.391. The van der Waals surface area contributed by atoms with Crippen molar-refractivity contribution in [3.63, 3.8) is 0 Å². The number of hydrogen-bond acceptors (Lipinski definition) is 5. The first-order valence-corrected chi connectivity index (χ1v) is 10.0. The van der Waals surface area contributed by atoms with Gasteiger partial charge in [-0.3, -0.25) is 4.79 Å². The Morgan fingerprint density at radius 1 is 1.00 bits per heavy atom. The summed E-state index contributed by atoms with van der Waals surface area (Å²) in [5.41, 5.74) is 3.61. The maximum Gasteiger partial charge on any atom is 0.491 e. The van der Waals surface area contributed by atoms with E-state index in [0.717, 1.165) is 30.6 Å². The molecule has 5 nitrogen and oxygen atoms in total. The van der Waals surface area contributed by atoms with Crippen LogP contribution in [0.4, 0.5) is 13.2 Å². The number of hydrogen-bond donors (Lipinski definition) is 1. The monoisotopic (exact) mass is 437 g/mol. The minimum Gasteiger partial charge on any atom is -0.493 e. The van der Waals surface area contributed by atoms with Crippen LogP contribution in [0.2, 0.25) is 0 Å². The number of alkyl halides is 3. The number of rotatable bonds is 11. The molecule has 0 saturated carbocycles. The molecule has 168 valence electrons. The zero-order valence-corrected chi connectivity index (χ0v) is 17.3. The van der Waals surface area contributed by atoms with Crippen LogP contribution in [-0.4, -0.2) is 37.8 Å². The molecule has 0 bridgehead atoms. The van der Waals surface area contributed by atoms with Gasteiger partial charge in [-0.1, -0.05) is 36.4 Å². The average molecular weight is 437 g/mol. The third kappa shape index (κ3) is 9.21. The Morgan fingerprint density at radius 3 is 2.52 bits per heavy atom. The number of carbonyl (C=O) groups is 2. The predicted octanol–water partition coefficient (Wildman–Crippen LogP) is 4.16. The van der Waals surface area contributed by atoms with Gasteiger partial charge in [0.15, 0.2) is 0 Å². The minimum absolute atomic E-state index is 0.131. The molecule has 31 heavy (non-hydrogen) atoms. The van der Waals surface area contributed by atoms with Crippen molar-refractivity contribution in [1.29, 1.82) is 0 Å². The Bertz CT molecular complexity index is 868. The smallest absolute Gasteiger partial charge is 0.491 e. The lowest BCUT2D eigenvalue weighted by Gasteiger charge is -2.10. The summed E-state index contributed by atoms with van der Waals surface area (Å²) in [4.78, 5) is 21.7. The predicted molar refractivity (Wildman–Crippen MR) is 110 cm³/mol. The SMILES string of the molecule is Cc1ccccc1CCOc1cccc(CCCNCCC(=O)OC(=O)C(F)(F)F)c1. The summed E-state index contributed by atoms with van der Waals surface area (Å²) >= 11 is 0. The maximum atomic E-state index is 12.0. The van der Waals surface area contributed by atoms with Crippen LogP contribution in [0.15, 0.2) is 48.5 Å². The topological polar surface area (TPSA) is 64.6 Å². The second-order valence-electron chi connectivity index (χ2n) is 7.04. The van der Waals surface area contributed by atoms with E-state index in [0.29, 0.717) is 13.2 Å². The standard InChI is InChI=1S/C23H26F3NO4/c1-17-6-2-3-9-19(17)12-15-30-20-10-4-7-18(16-20)8-5-13-27-14-11-21(28)31-22(29)23(24,25)26/h2-4,6-7,9-10,16,27H,5,8,11-15H2,1H3. The molecule has 2 aromatic rings. The highest BCUT2D eigenvalue weighted by Crippen LogP contribution is 2.17. The molecule has 0 aromatic heterocycles. The van der Waals surface area contributed by atoms with E-state index in [9.17, 15) is 22.8 Å². The van der Waals surface area contributed by atoms with Gasteiger partial charge >= 0.3 is 18.1 Å². The first-order chi connectivity index (χ1) is 14.8. The van der Waals surface area contributed by atoms with Gasteiger partial charge in [0.25, 0.3) is 0 Å². The van der Waals surface area contributed by atoms with E-state index < -0.39 is 18.1 Å². The Kier molecular flexibility index (Phi) is 9.52. The number of esters is 2. The number of ether oxygens (including phenoxy) is 2. The van der Waals surface area contributed by atoms with E-state index in [1.54, 1.807) is 0 Å². The quantitative estimate of drug-likeness (QED) is 0.325. The molecular formula is C23H26F3NO4. The van der Waals surface area contributed by atoms with E-state index in [4.69, 9.17) is 4.74 Å². The molecule has 2 rings (SSSR count). The first kappa shape index (κ1) is 24.4. The summed E-state index contributed by atoms with van der Waals surface area (Å²) in [5.74, 6) is -2.89. The van der Waals surface area contributed by atoms with Gasteiger partial charge in [0.05, 0.1) is 13.0 Å². The lowest BCUT2D eigenvalue weighted by molar-refractivity contribution is -0.201. The Balaban J connectivity index is 1.62. The fourth-order valence-electron chi connectivity index (χ4n) is 2.91. The van der Waals surface area contributed by atoms with Crippen LogP contribution in [-0.2, 0) is 27.2 Å². The molecule has 0 fully saturated rings. The van der Waals surface area contributed by atoms with Crippen LogP contribution >= 0.6 is 0 Å². The minimum atomic E-state index is -5.16. The van der Waals surface area contributed by atoms with E-state index in [-0.39, 0.29) is 13.0 Å². The van der Waals surface area contributed by atoms with Crippen LogP contribution < -0.4 is 10.1 Å². The lowest BCUT2D eigenvalue weighted by Crippen LogP contribution is -2.29. The highest BCUT2D eigenvalue weighted by atomic mass is 19.4. The second kappa shape index (κ2) is 12.1. The molecule has 8 heteroatoms. The first-order valence-electron chi connectivity index (χ1n) is 10.0. The van der Waals surface area contributed by atoms with Crippen LogP contribution in [0, 0.1) is 6.92 Å². The molecule has 0 spiro atoms. The highest BCUT2D eigenvalue weighted by molar-refractivity contribution is 5.88. The summed E-state index contributed by atoms with van der Waals surface area (Å²) < 4.78 is 45.6. The Morgan fingerprint density at radius 2 is 1.77 bits per heavy atom. The number of benzene rings is 2. The second-order valence-corrected chi connectivity index (χ2v) is 7.04. The van der Waals surface area contributed by atoms with Crippen LogP contribution in [0.25, 0.3) is 0 Å². The number of aryl methyl sites for hydroxylation is 2. The maximum absolute atomic E-state index is 12.0. The molecular weight excluding hydrogens is 411 g/mol. The Hall–Kier alpha value is -2.87. The van der Waals surface area contributed by atoms with Crippen molar-refractivity contribution in [2.75, 3.05) is 19.7 Å². The third-order valence-corrected chi connectivity index (χ3v) is 4.56. The molecule has 0 heterocycles. The summed E-state index contributed by atoms with van der Waals surface area (Å²) in [6, 6.07) is 16.0. The molecule has 0 amide bonds. The summed E-state index contributed by atoms with van der Waals surface area (Å²) in [6.45, 7) is 3.36. The van der Waals surface area contributed by atoms with Crippen molar-refractivity contribution in [2.24, 2.45) is 0 Å². The van der Waals surface area contributed by atoms with Crippen molar-refractivity contribution in [3.8, 4) is 5.75 Å². The molecule has 0 radical (unpaired) electrons. The van der Waals surface area contributed by atoms with Gasteiger partial charge in [0.2, 0.25) is 0 Å². The molecule has 0 atom stereocenters. The van der Waals surface area contributed by atoms with Gasteiger partial charge in [-0.15, -0.1) is 0 Å². The van der Waals surface area contributed by atoms with Crippen LogP contribution in [0.3, 0.4) is 0 Å². The highest BCUT2D eigenvalue weighted by Gasteiger charge is 2.42. The zero-order valence-electron chi connectivity index (χ0n) is 17.3. The fourth-order valence-corrected chi connectivity index (χ4v) is 2.91. The molecule has 0 saturated heterocycles. The van der Waals surface area contributed by atoms with Crippen LogP contribution in [0.1, 0.15) is 29.5 Å². The molecule has 0 aliphatic heterocycles. The summed E-state index contributed by atoms with van der Waals surface area (Å²) in [6.07, 6.45) is -3.10. The van der Waals surface area contributed by atoms with Gasteiger partial charge in [0, 0.05) is 13.0 Å². The van der Waals surface area contributed by atoms with Crippen molar-refractivity contribution >= 4 is 11.9 Å².